The van der Waals surface area contributed by atoms with Gasteiger partial charge in [0.05, 0.1) is 7.11 Å². The van der Waals surface area contributed by atoms with Crippen LogP contribution in [0.3, 0.4) is 0 Å². The number of urea groups is 1. The third-order valence-electron chi connectivity index (χ3n) is 5.49. The highest BCUT2D eigenvalue weighted by molar-refractivity contribution is 5.91. The average Bonchev–Trinajstić information content (AvgIpc) is 2.91. The van der Waals surface area contributed by atoms with Gasteiger partial charge in [0, 0.05) is 37.4 Å². The zero-order valence-corrected chi connectivity index (χ0v) is 16.6. The molecule has 0 unspecified atom stereocenters. The van der Waals surface area contributed by atoms with E-state index >= 15 is 0 Å². The summed E-state index contributed by atoms with van der Waals surface area (Å²) in [7, 11) is 1.63. The summed E-state index contributed by atoms with van der Waals surface area (Å²) in [6.07, 6.45) is 2.20. The fraction of sp³-hybridized carbons (Fsp3) is 0.400. The highest BCUT2D eigenvalue weighted by Crippen LogP contribution is 2.28. The van der Waals surface area contributed by atoms with Crippen LogP contribution in [0, 0.1) is 0 Å². The molecule has 2 aliphatic rings. The first-order valence-corrected chi connectivity index (χ1v) is 9.76. The molecule has 0 radical (unpaired) electrons. The van der Waals surface area contributed by atoms with Gasteiger partial charge in [-0.3, -0.25) is 0 Å². The number of hydrogen-bond acceptors (Lipinski definition) is 7. The van der Waals surface area contributed by atoms with Gasteiger partial charge in [-0.15, -0.1) is 0 Å². The number of methoxy groups -OCH3 is 1. The molecular weight excluding hydrogens is 390 g/mol. The van der Waals surface area contributed by atoms with Gasteiger partial charge in [-0.25, -0.2) is 19.6 Å². The van der Waals surface area contributed by atoms with Crippen molar-refractivity contribution in [1.29, 1.82) is 0 Å². The quantitative estimate of drug-likeness (QED) is 0.735. The van der Waals surface area contributed by atoms with Gasteiger partial charge in [0.25, 0.3) is 0 Å². The van der Waals surface area contributed by atoms with Gasteiger partial charge in [0.2, 0.25) is 5.88 Å². The number of anilines is 2. The number of aromatic nitrogens is 2. The molecule has 0 bridgehead atoms. The molecule has 1 aromatic heterocycles. The number of nitrogens with one attached hydrogen (secondary N) is 1. The summed E-state index contributed by atoms with van der Waals surface area (Å²) in [4.78, 5) is 35.5. The maximum absolute atomic E-state index is 12.8. The van der Waals surface area contributed by atoms with Crippen LogP contribution < -0.4 is 19.7 Å². The number of fused-ring (bicyclic) bond motifs is 1. The molecule has 10 heteroatoms. The zero-order valence-electron chi connectivity index (χ0n) is 16.6. The minimum absolute atomic E-state index is 0.00490. The van der Waals surface area contributed by atoms with Crippen molar-refractivity contribution in [3.8, 4) is 11.6 Å². The summed E-state index contributed by atoms with van der Waals surface area (Å²) in [5, 5.41) is 11.8. The highest BCUT2D eigenvalue weighted by Gasteiger charge is 2.30. The van der Waals surface area contributed by atoms with E-state index in [0.29, 0.717) is 25.5 Å². The van der Waals surface area contributed by atoms with Crippen LogP contribution in [0.1, 0.15) is 18.4 Å². The molecule has 2 N–H and O–H groups in total. The SMILES string of the molecule is COc1ccc2c(c1)CCN(C1CCN(c3cc(OC(=O)O)ncn3)CC1)C(=O)N2. The molecule has 0 saturated carbocycles. The lowest BCUT2D eigenvalue weighted by Crippen LogP contribution is -2.49. The number of carbonyl (C=O) groups is 2. The Balaban J connectivity index is 1.39. The molecule has 1 fully saturated rings. The lowest BCUT2D eigenvalue weighted by molar-refractivity contribution is 0.142. The van der Waals surface area contributed by atoms with Gasteiger partial charge in [-0.1, -0.05) is 0 Å². The van der Waals surface area contributed by atoms with Crippen molar-refractivity contribution in [3.63, 3.8) is 0 Å². The number of piperidine rings is 1. The van der Waals surface area contributed by atoms with Crippen LogP contribution in [0.15, 0.2) is 30.6 Å². The van der Waals surface area contributed by atoms with Crippen molar-refractivity contribution in [2.45, 2.75) is 25.3 Å². The molecule has 0 aliphatic carbocycles. The Bertz CT molecular complexity index is 945. The molecule has 1 saturated heterocycles. The number of amides is 2. The van der Waals surface area contributed by atoms with Crippen molar-refractivity contribution >= 4 is 23.7 Å². The molecule has 3 heterocycles. The van der Waals surface area contributed by atoms with E-state index in [1.54, 1.807) is 7.11 Å². The summed E-state index contributed by atoms with van der Waals surface area (Å²) in [5.41, 5.74) is 1.89. The highest BCUT2D eigenvalue weighted by atomic mass is 16.7. The van der Waals surface area contributed by atoms with E-state index in [-0.39, 0.29) is 18.0 Å². The monoisotopic (exact) mass is 413 g/mol. The van der Waals surface area contributed by atoms with Crippen LogP contribution >= 0.6 is 0 Å². The van der Waals surface area contributed by atoms with E-state index in [9.17, 15) is 9.59 Å². The Kier molecular flexibility index (Phi) is 5.55. The van der Waals surface area contributed by atoms with Crippen molar-refractivity contribution in [1.82, 2.24) is 14.9 Å². The number of carbonyl (C=O) groups excluding carboxylic acids is 1. The molecule has 10 nitrogen and oxygen atoms in total. The number of carboxylic acid groups (broad SMARTS) is 1. The second-order valence-electron chi connectivity index (χ2n) is 7.20. The molecule has 2 aliphatic heterocycles. The Morgan fingerprint density at radius 1 is 1.20 bits per heavy atom. The van der Waals surface area contributed by atoms with Gasteiger partial charge >= 0.3 is 12.2 Å². The Hall–Kier alpha value is -3.56. The number of benzene rings is 1. The molecule has 30 heavy (non-hydrogen) atoms. The first-order chi connectivity index (χ1) is 14.5. The van der Waals surface area contributed by atoms with Crippen molar-refractivity contribution < 1.29 is 24.2 Å². The maximum atomic E-state index is 12.8. The summed E-state index contributed by atoms with van der Waals surface area (Å²) in [6.45, 7) is 2.03. The standard InChI is InChI=1S/C20H23N5O5/c1-29-15-2-3-16-13(10-15)4-9-25(19(26)23-16)14-5-7-24(8-6-14)17-11-18(22-12-21-17)30-20(27)28/h2-3,10-12,14H,4-9H2,1H3,(H,23,26)(H,27,28). The second-order valence-corrected chi connectivity index (χ2v) is 7.20. The Morgan fingerprint density at radius 3 is 2.73 bits per heavy atom. The summed E-state index contributed by atoms with van der Waals surface area (Å²) >= 11 is 0. The molecule has 1 aromatic carbocycles. The minimum atomic E-state index is -1.41. The fourth-order valence-corrected chi connectivity index (χ4v) is 3.96. The lowest BCUT2D eigenvalue weighted by Gasteiger charge is -2.38. The first kappa shape index (κ1) is 19.7. The van der Waals surface area contributed by atoms with E-state index < -0.39 is 6.16 Å². The first-order valence-electron chi connectivity index (χ1n) is 9.76. The molecule has 0 atom stereocenters. The van der Waals surface area contributed by atoms with Gasteiger partial charge in [-0.05, 0) is 43.0 Å². The number of ether oxygens (including phenoxy) is 2. The smallest absolute Gasteiger partial charge is 0.497 e. The van der Waals surface area contributed by atoms with Crippen LogP contribution in [-0.2, 0) is 6.42 Å². The van der Waals surface area contributed by atoms with E-state index in [1.807, 2.05) is 28.0 Å². The molecular formula is C20H23N5O5. The van der Waals surface area contributed by atoms with E-state index in [0.717, 1.165) is 36.3 Å². The number of nitrogens with zero attached hydrogens (tertiary/aromatic N) is 4. The van der Waals surface area contributed by atoms with E-state index in [2.05, 4.69) is 20.0 Å². The molecule has 2 aromatic rings. The van der Waals surface area contributed by atoms with Crippen LogP contribution in [0.25, 0.3) is 0 Å². The molecule has 158 valence electrons. The normalized spacial score (nSPS) is 17.0. The van der Waals surface area contributed by atoms with Crippen molar-refractivity contribution in [2.75, 3.05) is 37.0 Å². The van der Waals surface area contributed by atoms with Crippen LogP contribution in [-0.4, -0.2) is 64.9 Å². The predicted molar refractivity (Wildman–Crippen MR) is 108 cm³/mol. The minimum Gasteiger partial charge on any atom is -0.497 e. The zero-order chi connectivity index (χ0) is 21.1. The second kappa shape index (κ2) is 8.44. The van der Waals surface area contributed by atoms with Crippen molar-refractivity contribution in [2.24, 2.45) is 0 Å². The summed E-state index contributed by atoms with van der Waals surface area (Å²) in [6, 6.07) is 7.23. The van der Waals surface area contributed by atoms with Gasteiger partial charge in [0.1, 0.15) is 17.9 Å². The topological polar surface area (TPSA) is 117 Å². The van der Waals surface area contributed by atoms with E-state index in [4.69, 9.17) is 9.84 Å². The van der Waals surface area contributed by atoms with Gasteiger partial charge in [0.15, 0.2) is 0 Å². The van der Waals surface area contributed by atoms with E-state index in [1.165, 1.54) is 12.4 Å². The Labute approximate surface area is 173 Å². The fourth-order valence-electron chi connectivity index (χ4n) is 3.96. The molecule has 0 spiro atoms. The van der Waals surface area contributed by atoms with Crippen molar-refractivity contribution in [3.05, 3.63) is 36.2 Å². The average molecular weight is 413 g/mol. The largest absolute Gasteiger partial charge is 0.512 e. The molecule has 2 amide bonds. The summed E-state index contributed by atoms with van der Waals surface area (Å²) in [5.74, 6) is 1.38. The van der Waals surface area contributed by atoms with Crippen LogP contribution in [0.4, 0.5) is 21.1 Å². The third-order valence-corrected chi connectivity index (χ3v) is 5.49. The van der Waals surface area contributed by atoms with Crippen LogP contribution in [0.5, 0.6) is 11.6 Å². The Morgan fingerprint density at radius 2 is 2.00 bits per heavy atom. The van der Waals surface area contributed by atoms with Crippen LogP contribution in [0.2, 0.25) is 0 Å². The predicted octanol–water partition coefficient (Wildman–Crippen LogP) is 2.60. The third kappa shape index (κ3) is 4.22. The van der Waals surface area contributed by atoms with Gasteiger partial charge < -0.3 is 29.7 Å². The molecule has 4 rings (SSSR count). The lowest BCUT2D eigenvalue weighted by atomic mass is 10.0. The number of hydrogen-bond donors (Lipinski definition) is 2. The van der Waals surface area contributed by atoms with Gasteiger partial charge in [-0.2, -0.15) is 0 Å². The summed E-state index contributed by atoms with van der Waals surface area (Å²) < 4.78 is 9.90. The maximum Gasteiger partial charge on any atom is 0.512 e. The number of rotatable bonds is 4.